The molecular formula is C13H16F3N. The number of hydrogen-bond acceptors (Lipinski definition) is 1. The van der Waals surface area contributed by atoms with E-state index < -0.39 is 11.7 Å². The predicted octanol–water partition coefficient (Wildman–Crippen LogP) is 4.22. The highest BCUT2D eigenvalue weighted by Crippen LogP contribution is 2.34. The molecule has 0 saturated heterocycles. The van der Waals surface area contributed by atoms with Crippen LogP contribution in [0.15, 0.2) is 18.2 Å². The first-order chi connectivity index (χ1) is 7.86. The first-order valence-electron chi connectivity index (χ1n) is 5.80. The molecular weight excluding hydrogens is 227 g/mol. The van der Waals surface area contributed by atoms with E-state index in [1.165, 1.54) is 12.1 Å². The van der Waals surface area contributed by atoms with Gasteiger partial charge in [-0.25, -0.2) is 0 Å². The lowest BCUT2D eigenvalue weighted by Crippen LogP contribution is -2.34. The van der Waals surface area contributed by atoms with Crippen LogP contribution in [0.5, 0.6) is 0 Å². The maximum absolute atomic E-state index is 12.6. The van der Waals surface area contributed by atoms with Gasteiger partial charge in [-0.3, -0.25) is 0 Å². The van der Waals surface area contributed by atoms with Crippen LogP contribution < -0.4 is 5.32 Å². The van der Waals surface area contributed by atoms with Crippen molar-refractivity contribution in [3.63, 3.8) is 0 Å². The van der Waals surface area contributed by atoms with E-state index in [1.54, 1.807) is 0 Å². The molecule has 1 aromatic rings. The quantitative estimate of drug-likeness (QED) is 0.819. The second-order valence-corrected chi connectivity index (χ2v) is 4.95. The summed E-state index contributed by atoms with van der Waals surface area (Å²) in [7, 11) is 0. The molecule has 0 aliphatic heterocycles. The number of hydrogen-bond donors (Lipinski definition) is 1. The van der Waals surface area contributed by atoms with Gasteiger partial charge in [0.2, 0.25) is 0 Å². The van der Waals surface area contributed by atoms with E-state index >= 15 is 0 Å². The molecule has 4 heteroatoms. The van der Waals surface area contributed by atoms with Crippen LogP contribution in [0.1, 0.15) is 30.9 Å². The van der Waals surface area contributed by atoms with Crippen molar-refractivity contribution in [2.24, 2.45) is 5.92 Å². The Morgan fingerprint density at radius 3 is 2.41 bits per heavy atom. The van der Waals surface area contributed by atoms with E-state index in [-0.39, 0.29) is 0 Å². The summed E-state index contributed by atoms with van der Waals surface area (Å²) in [5.74, 6) is 0.679. The Hall–Kier alpha value is -1.19. The van der Waals surface area contributed by atoms with Crippen molar-refractivity contribution in [2.75, 3.05) is 5.32 Å². The van der Waals surface area contributed by atoms with Gasteiger partial charge in [-0.05, 0) is 43.4 Å². The van der Waals surface area contributed by atoms with Crippen LogP contribution in [0.2, 0.25) is 0 Å². The van der Waals surface area contributed by atoms with Gasteiger partial charge in [-0.2, -0.15) is 13.2 Å². The third-order valence-electron chi connectivity index (χ3n) is 3.30. The van der Waals surface area contributed by atoms with Crippen LogP contribution in [0, 0.1) is 12.8 Å². The van der Waals surface area contributed by atoms with Crippen LogP contribution in [0.4, 0.5) is 18.9 Å². The first-order valence-corrected chi connectivity index (χ1v) is 5.80. The van der Waals surface area contributed by atoms with Gasteiger partial charge in [0.25, 0.3) is 0 Å². The molecule has 0 aromatic heterocycles. The summed E-state index contributed by atoms with van der Waals surface area (Å²) in [6, 6.07) is 4.18. The van der Waals surface area contributed by atoms with E-state index in [9.17, 15) is 13.2 Å². The average Bonchev–Trinajstić information content (AvgIpc) is 2.17. The molecule has 1 aromatic carbocycles. The largest absolute Gasteiger partial charge is 0.416 e. The molecule has 1 aliphatic carbocycles. The van der Waals surface area contributed by atoms with Gasteiger partial charge in [0.15, 0.2) is 0 Å². The Morgan fingerprint density at radius 2 is 1.88 bits per heavy atom. The Morgan fingerprint density at radius 1 is 1.24 bits per heavy atom. The van der Waals surface area contributed by atoms with Crippen molar-refractivity contribution < 1.29 is 13.2 Å². The highest BCUT2D eigenvalue weighted by molar-refractivity contribution is 5.54. The maximum atomic E-state index is 12.6. The Balaban J connectivity index is 2.15. The Kier molecular flexibility index (Phi) is 3.06. The monoisotopic (exact) mass is 243 g/mol. The number of halogens is 3. The topological polar surface area (TPSA) is 12.0 Å². The fourth-order valence-corrected chi connectivity index (χ4v) is 2.19. The molecule has 0 atom stereocenters. The summed E-state index contributed by atoms with van der Waals surface area (Å²) in [6.45, 7) is 3.97. The van der Waals surface area contributed by atoms with Gasteiger partial charge in [-0.1, -0.05) is 13.0 Å². The van der Waals surface area contributed by atoms with Crippen molar-refractivity contribution in [3.8, 4) is 0 Å². The summed E-state index contributed by atoms with van der Waals surface area (Å²) in [5.41, 5.74) is 0.882. The lowest BCUT2D eigenvalue weighted by molar-refractivity contribution is -0.137. The predicted molar refractivity (Wildman–Crippen MR) is 62.0 cm³/mol. The molecule has 94 valence electrons. The summed E-state index contributed by atoms with van der Waals surface area (Å²) in [4.78, 5) is 0. The van der Waals surface area contributed by atoms with Crippen LogP contribution >= 0.6 is 0 Å². The molecule has 0 radical (unpaired) electrons. The first kappa shape index (κ1) is 12.3. The molecule has 1 N–H and O–H groups in total. The SMILES string of the molecule is Cc1ccc(C(F)(F)F)cc1NC1CC(C)C1. The highest BCUT2D eigenvalue weighted by atomic mass is 19.4. The van der Waals surface area contributed by atoms with Crippen LogP contribution in [0.25, 0.3) is 0 Å². The fraction of sp³-hybridized carbons (Fsp3) is 0.538. The number of anilines is 1. The summed E-state index contributed by atoms with van der Waals surface area (Å²) in [6.07, 6.45) is -2.19. The molecule has 0 spiro atoms. The third kappa shape index (κ3) is 2.73. The van der Waals surface area contributed by atoms with Crippen molar-refractivity contribution in [3.05, 3.63) is 29.3 Å². The lowest BCUT2D eigenvalue weighted by Gasteiger charge is -2.34. The molecule has 1 aliphatic rings. The second kappa shape index (κ2) is 4.24. The van der Waals surface area contributed by atoms with Crippen molar-refractivity contribution in [2.45, 2.75) is 38.9 Å². The Labute approximate surface area is 99.0 Å². The van der Waals surface area contributed by atoms with Gasteiger partial charge in [0, 0.05) is 11.7 Å². The van der Waals surface area contributed by atoms with Crippen molar-refractivity contribution in [1.29, 1.82) is 0 Å². The molecule has 0 heterocycles. The number of alkyl halides is 3. The van der Waals surface area contributed by atoms with Crippen LogP contribution in [-0.4, -0.2) is 6.04 Å². The van der Waals surface area contributed by atoms with Gasteiger partial charge >= 0.3 is 6.18 Å². The molecule has 2 rings (SSSR count). The molecule has 0 amide bonds. The number of rotatable bonds is 2. The van der Waals surface area contributed by atoms with E-state index in [4.69, 9.17) is 0 Å². The minimum absolute atomic E-state index is 0.326. The Bertz CT molecular complexity index is 406. The zero-order chi connectivity index (χ0) is 12.6. The molecule has 1 fully saturated rings. The number of nitrogens with one attached hydrogen (secondary N) is 1. The third-order valence-corrected chi connectivity index (χ3v) is 3.30. The fourth-order valence-electron chi connectivity index (χ4n) is 2.19. The lowest BCUT2D eigenvalue weighted by atomic mass is 9.81. The highest BCUT2D eigenvalue weighted by Gasteiger charge is 2.31. The van der Waals surface area contributed by atoms with Gasteiger partial charge < -0.3 is 5.32 Å². The standard InChI is InChI=1S/C13H16F3N/c1-8-5-11(6-8)17-12-7-10(13(14,15)16)4-3-9(12)2/h3-4,7-8,11,17H,5-6H2,1-2H3. The second-order valence-electron chi connectivity index (χ2n) is 4.95. The number of aryl methyl sites for hydroxylation is 1. The van der Waals surface area contributed by atoms with E-state index in [2.05, 4.69) is 12.2 Å². The van der Waals surface area contributed by atoms with Gasteiger partial charge in [0.1, 0.15) is 0 Å². The van der Waals surface area contributed by atoms with Gasteiger partial charge in [-0.15, -0.1) is 0 Å². The molecule has 1 saturated carbocycles. The van der Waals surface area contributed by atoms with E-state index in [0.717, 1.165) is 24.5 Å². The molecule has 1 nitrogen and oxygen atoms in total. The van der Waals surface area contributed by atoms with Crippen molar-refractivity contribution in [1.82, 2.24) is 0 Å². The maximum Gasteiger partial charge on any atom is 0.416 e. The number of benzene rings is 1. The smallest absolute Gasteiger partial charge is 0.382 e. The summed E-state index contributed by atoms with van der Waals surface area (Å²) in [5, 5.41) is 3.19. The minimum atomic E-state index is -4.27. The van der Waals surface area contributed by atoms with E-state index in [1.807, 2.05) is 6.92 Å². The summed E-state index contributed by atoms with van der Waals surface area (Å²) < 4.78 is 37.7. The summed E-state index contributed by atoms with van der Waals surface area (Å²) >= 11 is 0. The van der Waals surface area contributed by atoms with E-state index in [0.29, 0.717) is 17.6 Å². The van der Waals surface area contributed by atoms with Gasteiger partial charge in [0.05, 0.1) is 5.56 Å². The van der Waals surface area contributed by atoms with Crippen LogP contribution in [0.3, 0.4) is 0 Å². The van der Waals surface area contributed by atoms with Crippen molar-refractivity contribution >= 4 is 5.69 Å². The normalized spacial score (nSPS) is 24.3. The molecule has 17 heavy (non-hydrogen) atoms. The zero-order valence-electron chi connectivity index (χ0n) is 9.93. The molecule has 0 bridgehead atoms. The average molecular weight is 243 g/mol. The minimum Gasteiger partial charge on any atom is -0.382 e. The zero-order valence-corrected chi connectivity index (χ0v) is 9.93. The molecule has 0 unspecified atom stereocenters. The van der Waals surface area contributed by atoms with Crippen LogP contribution in [-0.2, 0) is 6.18 Å².